The summed E-state index contributed by atoms with van der Waals surface area (Å²) in [5, 5.41) is 1.11. The van der Waals surface area contributed by atoms with E-state index in [2.05, 4.69) is 24.0 Å². The first-order chi connectivity index (χ1) is 8.60. The van der Waals surface area contributed by atoms with Crippen LogP contribution in [0.5, 0.6) is 0 Å². The van der Waals surface area contributed by atoms with Crippen molar-refractivity contribution in [2.24, 2.45) is 5.73 Å². The zero-order valence-corrected chi connectivity index (χ0v) is 11.2. The second-order valence-electron chi connectivity index (χ2n) is 4.80. The maximum Gasteiger partial charge on any atom is 0.0839 e. The highest BCUT2D eigenvalue weighted by Gasteiger charge is 2.30. The summed E-state index contributed by atoms with van der Waals surface area (Å²) in [6.45, 7) is 4.14. The fourth-order valence-corrected chi connectivity index (χ4v) is 2.13. The number of rotatable bonds is 4. The van der Waals surface area contributed by atoms with E-state index in [4.69, 9.17) is 10.5 Å². The Morgan fingerprint density at radius 2 is 2.17 bits per heavy atom. The van der Waals surface area contributed by atoms with E-state index in [1.807, 2.05) is 25.1 Å². The molecule has 3 heteroatoms. The van der Waals surface area contributed by atoms with E-state index in [9.17, 15) is 0 Å². The molecule has 1 heterocycles. The van der Waals surface area contributed by atoms with Gasteiger partial charge in [0.2, 0.25) is 0 Å². The quantitative estimate of drug-likeness (QED) is 0.899. The smallest absolute Gasteiger partial charge is 0.0839 e. The van der Waals surface area contributed by atoms with Crippen LogP contribution in [0.2, 0.25) is 0 Å². The molecule has 0 aliphatic rings. The number of benzene rings is 1. The van der Waals surface area contributed by atoms with Gasteiger partial charge >= 0.3 is 0 Å². The molecular weight excluding hydrogens is 224 g/mol. The molecule has 2 rings (SSSR count). The third-order valence-corrected chi connectivity index (χ3v) is 3.81. The van der Waals surface area contributed by atoms with Gasteiger partial charge in [-0.05, 0) is 37.1 Å². The van der Waals surface area contributed by atoms with Gasteiger partial charge in [0.15, 0.2) is 0 Å². The number of methoxy groups -OCH3 is 1. The molecule has 0 bridgehead atoms. The summed E-state index contributed by atoms with van der Waals surface area (Å²) in [5.74, 6) is 0. The Bertz CT molecular complexity index is 535. The molecule has 0 saturated carbocycles. The van der Waals surface area contributed by atoms with Gasteiger partial charge in [0.05, 0.1) is 17.2 Å². The van der Waals surface area contributed by atoms with Crippen LogP contribution < -0.4 is 5.73 Å². The van der Waals surface area contributed by atoms with Gasteiger partial charge in [-0.3, -0.25) is 4.98 Å². The molecule has 0 saturated heterocycles. The number of nitrogens with zero attached hydrogens (tertiary/aromatic N) is 1. The Balaban J connectivity index is 2.42. The molecule has 2 unspecified atom stereocenters. The van der Waals surface area contributed by atoms with E-state index in [-0.39, 0.29) is 11.6 Å². The Morgan fingerprint density at radius 3 is 2.83 bits per heavy atom. The third kappa shape index (κ3) is 2.24. The van der Waals surface area contributed by atoms with Crippen LogP contribution >= 0.6 is 0 Å². The van der Waals surface area contributed by atoms with Crippen molar-refractivity contribution in [1.29, 1.82) is 0 Å². The summed E-state index contributed by atoms with van der Waals surface area (Å²) in [5.41, 5.74) is 8.08. The molecule has 96 valence electrons. The number of hydrogen-bond donors (Lipinski definition) is 1. The van der Waals surface area contributed by atoms with Crippen LogP contribution in [0.4, 0.5) is 0 Å². The van der Waals surface area contributed by atoms with Gasteiger partial charge in [-0.1, -0.05) is 19.1 Å². The lowest BCUT2D eigenvalue weighted by molar-refractivity contribution is -0.0194. The second-order valence-corrected chi connectivity index (χ2v) is 4.80. The molecule has 0 fully saturated rings. The molecule has 0 spiro atoms. The molecule has 1 aromatic carbocycles. The van der Waals surface area contributed by atoms with Crippen LogP contribution in [-0.2, 0) is 4.74 Å². The lowest BCUT2D eigenvalue weighted by atomic mass is 9.88. The SMILES string of the molecule is CCC(C)(OC)C(N)c1ccc2ncccc2c1. The minimum atomic E-state index is -0.337. The van der Waals surface area contributed by atoms with Gasteiger partial charge < -0.3 is 10.5 Å². The highest BCUT2D eigenvalue weighted by Crippen LogP contribution is 2.30. The van der Waals surface area contributed by atoms with E-state index in [1.165, 1.54) is 0 Å². The standard InChI is InChI=1S/C15H20N2O/c1-4-15(2,18-3)14(16)12-7-8-13-11(10-12)6-5-9-17-13/h5-10,14H,4,16H2,1-3H3. The van der Waals surface area contributed by atoms with Gasteiger partial charge in [0.1, 0.15) is 0 Å². The van der Waals surface area contributed by atoms with Crippen molar-refractivity contribution >= 4 is 10.9 Å². The van der Waals surface area contributed by atoms with Gasteiger partial charge in [-0.25, -0.2) is 0 Å². The van der Waals surface area contributed by atoms with Crippen molar-refractivity contribution in [3.8, 4) is 0 Å². The fourth-order valence-electron chi connectivity index (χ4n) is 2.13. The minimum absolute atomic E-state index is 0.142. The van der Waals surface area contributed by atoms with Gasteiger partial charge in [-0.15, -0.1) is 0 Å². The predicted octanol–water partition coefficient (Wildman–Crippen LogP) is 3.05. The number of ether oxygens (including phenoxy) is 1. The van der Waals surface area contributed by atoms with E-state index < -0.39 is 0 Å². The first-order valence-electron chi connectivity index (χ1n) is 6.26. The van der Waals surface area contributed by atoms with Crippen LogP contribution in [0.1, 0.15) is 31.9 Å². The zero-order chi connectivity index (χ0) is 13.2. The summed E-state index contributed by atoms with van der Waals surface area (Å²) in [6, 6.07) is 9.99. The molecular formula is C15H20N2O. The van der Waals surface area contributed by atoms with E-state index in [0.29, 0.717) is 0 Å². The topological polar surface area (TPSA) is 48.1 Å². The average molecular weight is 244 g/mol. The van der Waals surface area contributed by atoms with Crippen molar-refractivity contribution in [2.75, 3.05) is 7.11 Å². The van der Waals surface area contributed by atoms with Crippen molar-refractivity contribution < 1.29 is 4.74 Å². The average Bonchev–Trinajstić information content (AvgIpc) is 2.45. The number of fused-ring (bicyclic) bond motifs is 1. The van der Waals surface area contributed by atoms with Crippen molar-refractivity contribution in [1.82, 2.24) is 4.98 Å². The van der Waals surface area contributed by atoms with Crippen molar-refractivity contribution in [2.45, 2.75) is 31.9 Å². The lowest BCUT2D eigenvalue weighted by Gasteiger charge is -2.33. The Morgan fingerprint density at radius 1 is 1.39 bits per heavy atom. The number of pyridine rings is 1. The van der Waals surface area contributed by atoms with Gasteiger partial charge in [-0.2, -0.15) is 0 Å². The predicted molar refractivity (Wildman–Crippen MR) is 74.4 cm³/mol. The molecule has 2 N–H and O–H groups in total. The Hall–Kier alpha value is -1.45. The van der Waals surface area contributed by atoms with Crippen LogP contribution in [0, 0.1) is 0 Å². The van der Waals surface area contributed by atoms with Gasteiger partial charge in [0, 0.05) is 18.7 Å². The molecule has 0 aliphatic heterocycles. The highest BCUT2D eigenvalue weighted by molar-refractivity contribution is 5.79. The highest BCUT2D eigenvalue weighted by atomic mass is 16.5. The van der Waals surface area contributed by atoms with Crippen LogP contribution in [0.25, 0.3) is 10.9 Å². The summed E-state index contributed by atoms with van der Waals surface area (Å²) >= 11 is 0. The first-order valence-corrected chi connectivity index (χ1v) is 6.26. The maximum atomic E-state index is 6.34. The number of hydrogen-bond acceptors (Lipinski definition) is 3. The summed E-state index contributed by atoms with van der Waals surface area (Å²) in [7, 11) is 1.71. The Labute approximate surface area is 108 Å². The van der Waals surface area contributed by atoms with Crippen molar-refractivity contribution in [3.63, 3.8) is 0 Å². The van der Waals surface area contributed by atoms with Crippen LogP contribution in [0.15, 0.2) is 36.5 Å². The fraction of sp³-hybridized carbons (Fsp3) is 0.400. The monoisotopic (exact) mass is 244 g/mol. The summed E-state index contributed by atoms with van der Waals surface area (Å²) in [4.78, 5) is 4.31. The molecule has 2 aromatic rings. The number of aromatic nitrogens is 1. The van der Waals surface area contributed by atoms with E-state index in [0.717, 1.165) is 22.9 Å². The molecule has 0 aliphatic carbocycles. The molecule has 18 heavy (non-hydrogen) atoms. The maximum absolute atomic E-state index is 6.34. The third-order valence-electron chi connectivity index (χ3n) is 3.81. The second kappa shape index (κ2) is 5.04. The summed E-state index contributed by atoms with van der Waals surface area (Å²) < 4.78 is 5.57. The largest absolute Gasteiger partial charge is 0.377 e. The molecule has 0 amide bonds. The van der Waals surface area contributed by atoms with E-state index in [1.54, 1.807) is 13.3 Å². The zero-order valence-electron chi connectivity index (χ0n) is 11.2. The van der Waals surface area contributed by atoms with Crippen molar-refractivity contribution in [3.05, 3.63) is 42.1 Å². The van der Waals surface area contributed by atoms with Crippen LogP contribution in [-0.4, -0.2) is 17.7 Å². The normalized spacial score (nSPS) is 16.4. The first kappa shape index (κ1) is 13.0. The molecule has 0 radical (unpaired) electrons. The van der Waals surface area contributed by atoms with E-state index >= 15 is 0 Å². The number of nitrogens with two attached hydrogens (primary N) is 1. The lowest BCUT2D eigenvalue weighted by Crippen LogP contribution is -2.39. The van der Waals surface area contributed by atoms with Crippen LogP contribution in [0.3, 0.4) is 0 Å². The minimum Gasteiger partial charge on any atom is -0.377 e. The molecule has 3 nitrogen and oxygen atoms in total. The summed E-state index contributed by atoms with van der Waals surface area (Å²) in [6.07, 6.45) is 2.67. The Kier molecular flexibility index (Phi) is 3.64. The molecule has 2 atom stereocenters. The van der Waals surface area contributed by atoms with Gasteiger partial charge in [0.25, 0.3) is 0 Å². The molecule has 1 aromatic heterocycles.